The van der Waals surface area contributed by atoms with Gasteiger partial charge in [0.15, 0.2) is 0 Å². The Labute approximate surface area is 129 Å². The fourth-order valence-electron chi connectivity index (χ4n) is 3.39. The van der Waals surface area contributed by atoms with Crippen LogP contribution >= 0.6 is 0 Å². The summed E-state index contributed by atoms with van der Waals surface area (Å²) >= 11 is 0. The van der Waals surface area contributed by atoms with Crippen molar-refractivity contribution in [3.63, 3.8) is 0 Å². The van der Waals surface area contributed by atoms with Gasteiger partial charge in [0.05, 0.1) is 0 Å². The predicted octanol–water partition coefficient (Wildman–Crippen LogP) is 6.96. The summed E-state index contributed by atoms with van der Waals surface area (Å²) in [6.07, 6.45) is 10.2. The summed E-state index contributed by atoms with van der Waals surface area (Å²) in [5.74, 6) is 4.90. The molecule has 3 unspecified atom stereocenters. The molecule has 0 aliphatic rings. The van der Waals surface area contributed by atoms with E-state index in [1.165, 1.54) is 25.7 Å². The molecule has 0 heteroatoms. The molecule has 0 aromatic rings. The summed E-state index contributed by atoms with van der Waals surface area (Å²) in [5.41, 5.74) is 0. The van der Waals surface area contributed by atoms with E-state index in [9.17, 15) is 0 Å². The highest BCUT2D eigenvalue weighted by Crippen LogP contribution is 2.35. The molecule has 120 valence electrons. The molecule has 0 aromatic carbocycles. The predicted molar refractivity (Wildman–Crippen MR) is 93.9 cm³/mol. The van der Waals surface area contributed by atoms with Gasteiger partial charge in [-0.05, 0) is 41.9 Å². The largest absolute Gasteiger partial charge is 0.0880 e. The molecule has 0 heterocycles. The van der Waals surface area contributed by atoms with Gasteiger partial charge in [-0.25, -0.2) is 0 Å². The lowest BCUT2D eigenvalue weighted by molar-refractivity contribution is 0.169. The van der Waals surface area contributed by atoms with Crippen molar-refractivity contribution >= 4 is 0 Å². The van der Waals surface area contributed by atoms with Gasteiger partial charge in [-0.2, -0.15) is 0 Å². The van der Waals surface area contributed by atoms with Crippen molar-refractivity contribution in [3.05, 3.63) is 12.2 Å². The van der Waals surface area contributed by atoms with Crippen LogP contribution in [0.15, 0.2) is 12.2 Å². The second-order valence-electron chi connectivity index (χ2n) is 7.84. The molecule has 0 bridgehead atoms. The summed E-state index contributed by atoms with van der Waals surface area (Å²) in [7, 11) is 0. The fourth-order valence-corrected chi connectivity index (χ4v) is 3.39. The van der Waals surface area contributed by atoms with Crippen molar-refractivity contribution < 1.29 is 0 Å². The van der Waals surface area contributed by atoms with Crippen molar-refractivity contribution in [2.24, 2.45) is 35.5 Å². The van der Waals surface area contributed by atoms with Crippen LogP contribution in [0.3, 0.4) is 0 Å². The Kier molecular flexibility index (Phi) is 10.3. The number of hydrogen-bond acceptors (Lipinski definition) is 0. The molecule has 0 fully saturated rings. The number of allylic oxidation sites excluding steroid dienone is 2. The Morgan fingerprint density at radius 3 is 1.80 bits per heavy atom. The normalized spacial score (nSPS) is 17.4. The average Bonchev–Trinajstić information content (AvgIpc) is 2.34. The van der Waals surface area contributed by atoms with E-state index < -0.39 is 0 Å². The monoisotopic (exact) mass is 280 g/mol. The zero-order chi connectivity index (χ0) is 15.7. The van der Waals surface area contributed by atoms with E-state index in [0.717, 1.165) is 29.6 Å². The van der Waals surface area contributed by atoms with Gasteiger partial charge in [0.1, 0.15) is 0 Å². The minimum absolute atomic E-state index is 0.682. The minimum atomic E-state index is 0.682. The van der Waals surface area contributed by atoms with Crippen molar-refractivity contribution in [1.29, 1.82) is 0 Å². The van der Waals surface area contributed by atoms with Gasteiger partial charge in [-0.1, -0.05) is 86.8 Å². The Hall–Kier alpha value is -0.260. The molecule has 0 nitrogen and oxygen atoms in total. The van der Waals surface area contributed by atoms with Gasteiger partial charge in [-0.3, -0.25) is 0 Å². The van der Waals surface area contributed by atoms with Crippen LogP contribution in [0, 0.1) is 35.5 Å². The lowest BCUT2D eigenvalue weighted by Gasteiger charge is -2.34. The standard InChI is InChI=1S/C20H40/c1-9-19(18(8)14-13-16(4)5)20(17(6)7)12-10-11-15(2)3/h10-11,15-20H,9,12-14H2,1-8H3. The summed E-state index contributed by atoms with van der Waals surface area (Å²) in [6, 6.07) is 0. The summed E-state index contributed by atoms with van der Waals surface area (Å²) in [6.45, 7) is 18.9. The maximum absolute atomic E-state index is 2.48. The van der Waals surface area contributed by atoms with Crippen molar-refractivity contribution in [1.82, 2.24) is 0 Å². The van der Waals surface area contributed by atoms with Crippen LogP contribution < -0.4 is 0 Å². The molecule has 0 amide bonds. The van der Waals surface area contributed by atoms with Gasteiger partial charge in [0.2, 0.25) is 0 Å². The molecule has 20 heavy (non-hydrogen) atoms. The Morgan fingerprint density at radius 1 is 0.800 bits per heavy atom. The minimum Gasteiger partial charge on any atom is -0.0880 e. The van der Waals surface area contributed by atoms with Crippen molar-refractivity contribution in [2.75, 3.05) is 0 Å². The summed E-state index contributed by atoms with van der Waals surface area (Å²) in [4.78, 5) is 0. The molecule has 0 aliphatic heterocycles. The van der Waals surface area contributed by atoms with E-state index in [4.69, 9.17) is 0 Å². The van der Waals surface area contributed by atoms with E-state index >= 15 is 0 Å². The van der Waals surface area contributed by atoms with Gasteiger partial charge >= 0.3 is 0 Å². The lowest BCUT2D eigenvalue weighted by atomic mass is 9.72. The SMILES string of the molecule is CCC(C(C)CCC(C)C)C(CC=CC(C)C)C(C)C. The second kappa shape index (κ2) is 10.5. The number of rotatable bonds is 10. The molecule has 0 rings (SSSR count). The van der Waals surface area contributed by atoms with Gasteiger partial charge in [-0.15, -0.1) is 0 Å². The quantitative estimate of drug-likeness (QED) is 0.379. The van der Waals surface area contributed by atoms with Crippen LogP contribution in [0.25, 0.3) is 0 Å². The van der Waals surface area contributed by atoms with Crippen LogP contribution in [0.1, 0.15) is 81.1 Å². The third kappa shape index (κ3) is 8.12. The molecule has 0 saturated carbocycles. The molecule has 0 radical (unpaired) electrons. The van der Waals surface area contributed by atoms with Crippen molar-refractivity contribution in [3.8, 4) is 0 Å². The molecule has 0 spiro atoms. The molecular formula is C20H40. The third-order valence-electron chi connectivity index (χ3n) is 4.74. The van der Waals surface area contributed by atoms with E-state index in [2.05, 4.69) is 67.5 Å². The lowest BCUT2D eigenvalue weighted by Crippen LogP contribution is -2.25. The molecular weight excluding hydrogens is 240 g/mol. The first-order chi connectivity index (χ1) is 9.29. The molecule has 0 N–H and O–H groups in total. The van der Waals surface area contributed by atoms with Crippen molar-refractivity contribution in [2.45, 2.75) is 81.1 Å². The first-order valence-corrected chi connectivity index (χ1v) is 8.96. The van der Waals surface area contributed by atoms with Crippen LogP contribution in [0.5, 0.6) is 0 Å². The van der Waals surface area contributed by atoms with Gasteiger partial charge in [0.25, 0.3) is 0 Å². The highest BCUT2D eigenvalue weighted by molar-refractivity contribution is 4.89. The topological polar surface area (TPSA) is 0 Å². The highest BCUT2D eigenvalue weighted by atomic mass is 14.3. The van der Waals surface area contributed by atoms with Crippen LogP contribution in [0.2, 0.25) is 0 Å². The smallest absolute Gasteiger partial charge is 0.0290 e. The van der Waals surface area contributed by atoms with E-state index in [0.29, 0.717) is 5.92 Å². The zero-order valence-electron chi connectivity index (χ0n) is 15.4. The van der Waals surface area contributed by atoms with Crippen LogP contribution in [0.4, 0.5) is 0 Å². The third-order valence-corrected chi connectivity index (χ3v) is 4.74. The number of hydrogen-bond donors (Lipinski definition) is 0. The highest BCUT2D eigenvalue weighted by Gasteiger charge is 2.26. The Bertz CT molecular complexity index is 247. The Morgan fingerprint density at radius 2 is 1.40 bits per heavy atom. The molecule has 3 atom stereocenters. The van der Waals surface area contributed by atoms with Gasteiger partial charge < -0.3 is 0 Å². The van der Waals surface area contributed by atoms with E-state index in [1.54, 1.807) is 0 Å². The van der Waals surface area contributed by atoms with E-state index in [-0.39, 0.29) is 0 Å². The first-order valence-electron chi connectivity index (χ1n) is 8.96. The molecule has 0 aromatic heterocycles. The maximum Gasteiger partial charge on any atom is -0.0290 e. The second-order valence-corrected chi connectivity index (χ2v) is 7.84. The van der Waals surface area contributed by atoms with Crippen LogP contribution in [-0.2, 0) is 0 Å². The Balaban J connectivity index is 4.65. The molecule has 0 aliphatic carbocycles. The average molecular weight is 281 g/mol. The summed E-state index contributed by atoms with van der Waals surface area (Å²) < 4.78 is 0. The summed E-state index contributed by atoms with van der Waals surface area (Å²) in [5, 5.41) is 0. The maximum atomic E-state index is 2.48. The zero-order valence-corrected chi connectivity index (χ0v) is 15.4. The fraction of sp³-hybridized carbons (Fsp3) is 0.900. The van der Waals surface area contributed by atoms with Gasteiger partial charge in [0, 0.05) is 0 Å². The van der Waals surface area contributed by atoms with Crippen LogP contribution in [-0.4, -0.2) is 0 Å². The van der Waals surface area contributed by atoms with E-state index in [1.807, 2.05) is 0 Å². The first kappa shape index (κ1) is 19.7. The molecule has 0 saturated heterocycles.